The highest BCUT2D eigenvalue weighted by Gasteiger charge is 2.12. The van der Waals surface area contributed by atoms with Gasteiger partial charge in [0, 0.05) is 24.1 Å². The zero-order valence-electron chi connectivity index (χ0n) is 11.8. The first kappa shape index (κ1) is 14.7. The van der Waals surface area contributed by atoms with E-state index in [4.69, 9.17) is 0 Å². The zero-order chi connectivity index (χ0) is 15.4. The van der Waals surface area contributed by atoms with Crippen LogP contribution in [0.2, 0.25) is 0 Å². The molecule has 0 aliphatic carbocycles. The molecule has 7 heteroatoms. The third kappa shape index (κ3) is 3.44. The minimum atomic E-state index is -0.442. The number of likely N-dealkylation sites (N-methyl/N-ethyl adjacent to an activating group) is 1. The van der Waals surface area contributed by atoms with Crippen molar-refractivity contribution in [3.05, 3.63) is 40.4 Å². The third-order valence-electron chi connectivity index (χ3n) is 2.99. The molecule has 0 bridgehead atoms. The molecular weight excluding hydrogens is 272 g/mol. The van der Waals surface area contributed by atoms with Gasteiger partial charge in [0.1, 0.15) is 11.9 Å². The van der Waals surface area contributed by atoms with E-state index in [-0.39, 0.29) is 11.6 Å². The van der Waals surface area contributed by atoms with Crippen molar-refractivity contribution in [1.29, 1.82) is 0 Å². The van der Waals surface area contributed by atoms with Crippen molar-refractivity contribution < 1.29 is 9.72 Å². The first-order chi connectivity index (χ1) is 10.0. The summed E-state index contributed by atoms with van der Waals surface area (Å²) in [7, 11) is 0. The first-order valence-electron chi connectivity index (χ1n) is 6.60. The Morgan fingerprint density at radius 2 is 2.14 bits per heavy atom. The maximum absolute atomic E-state index is 11.7. The summed E-state index contributed by atoms with van der Waals surface area (Å²) in [6, 6.07) is 7.50. The van der Waals surface area contributed by atoms with Gasteiger partial charge in [-0.3, -0.25) is 14.9 Å². The van der Waals surface area contributed by atoms with Crippen LogP contribution in [0.5, 0.6) is 0 Å². The molecule has 21 heavy (non-hydrogen) atoms. The number of nitrogens with one attached hydrogen (secondary N) is 2. The van der Waals surface area contributed by atoms with Crippen molar-refractivity contribution >= 4 is 28.3 Å². The third-order valence-corrected chi connectivity index (χ3v) is 2.99. The average molecular weight is 288 g/mol. The largest absolute Gasteiger partial charge is 0.359 e. The second-order valence-corrected chi connectivity index (χ2v) is 4.59. The molecule has 0 saturated carbocycles. The molecule has 2 N–H and O–H groups in total. The number of hydrogen-bond donors (Lipinski definition) is 2. The number of amides is 1. The normalized spacial score (nSPS) is 11.9. The van der Waals surface area contributed by atoms with Crippen LogP contribution in [0, 0.1) is 10.1 Å². The van der Waals surface area contributed by atoms with Crippen LogP contribution >= 0.6 is 0 Å². The summed E-state index contributed by atoms with van der Waals surface area (Å²) in [5.41, 5.74) is 0.661. The van der Waals surface area contributed by atoms with Gasteiger partial charge in [-0.1, -0.05) is 0 Å². The zero-order valence-corrected chi connectivity index (χ0v) is 11.8. The van der Waals surface area contributed by atoms with Gasteiger partial charge < -0.3 is 10.6 Å². The van der Waals surface area contributed by atoms with E-state index in [0.717, 1.165) is 0 Å². The number of non-ortho nitro benzene ring substituents is 1. The lowest BCUT2D eigenvalue weighted by molar-refractivity contribution is -0.384. The maximum atomic E-state index is 11.7. The lowest BCUT2D eigenvalue weighted by Crippen LogP contribution is -2.37. The van der Waals surface area contributed by atoms with E-state index in [1.165, 1.54) is 12.1 Å². The van der Waals surface area contributed by atoms with E-state index in [1.807, 2.05) is 6.92 Å². The summed E-state index contributed by atoms with van der Waals surface area (Å²) in [5.74, 6) is 0.443. The Morgan fingerprint density at radius 3 is 2.81 bits per heavy atom. The molecule has 1 aromatic carbocycles. The van der Waals surface area contributed by atoms with Gasteiger partial charge >= 0.3 is 0 Å². The number of carbonyl (C=O) groups is 1. The van der Waals surface area contributed by atoms with Gasteiger partial charge in [0.05, 0.1) is 10.4 Å². The monoisotopic (exact) mass is 288 g/mol. The van der Waals surface area contributed by atoms with Gasteiger partial charge in [0.15, 0.2) is 0 Å². The minimum Gasteiger partial charge on any atom is -0.359 e. The van der Waals surface area contributed by atoms with E-state index >= 15 is 0 Å². The van der Waals surface area contributed by atoms with Gasteiger partial charge in [-0.05, 0) is 32.0 Å². The molecule has 0 aliphatic rings. The van der Waals surface area contributed by atoms with Crippen molar-refractivity contribution in [3.8, 4) is 0 Å². The number of anilines is 1. The summed E-state index contributed by atoms with van der Waals surface area (Å²) in [4.78, 5) is 26.3. The van der Waals surface area contributed by atoms with Gasteiger partial charge in [0.2, 0.25) is 5.91 Å². The van der Waals surface area contributed by atoms with E-state index in [0.29, 0.717) is 23.3 Å². The quantitative estimate of drug-likeness (QED) is 0.648. The van der Waals surface area contributed by atoms with Gasteiger partial charge in [-0.15, -0.1) is 0 Å². The first-order valence-corrected chi connectivity index (χ1v) is 6.60. The number of benzene rings is 1. The predicted octanol–water partition coefficient (Wildman–Crippen LogP) is 2.08. The Labute approximate surface area is 121 Å². The van der Waals surface area contributed by atoms with Crippen molar-refractivity contribution in [2.24, 2.45) is 0 Å². The molecule has 2 rings (SSSR count). The molecule has 7 nitrogen and oxygen atoms in total. The minimum absolute atomic E-state index is 0.0284. The molecule has 2 aromatic rings. The Kier molecular flexibility index (Phi) is 4.32. The second kappa shape index (κ2) is 6.17. The van der Waals surface area contributed by atoms with Crippen LogP contribution in [0.1, 0.15) is 13.8 Å². The van der Waals surface area contributed by atoms with Crippen LogP contribution in [0.25, 0.3) is 10.9 Å². The van der Waals surface area contributed by atoms with Crippen LogP contribution < -0.4 is 10.6 Å². The summed E-state index contributed by atoms with van der Waals surface area (Å²) in [6.07, 6.45) is 0. The molecule has 0 fully saturated rings. The molecule has 1 unspecified atom stereocenters. The SMILES string of the molecule is CCNC(=O)C(C)Nc1ccc2cc([N+](=O)[O-])ccc2n1. The number of pyridine rings is 1. The number of nitrogens with zero attached hydrogens (tertiary/aromatic N) is 2. The number of nitro benzene ring substituents is 1. The number of fused-ring (bicyclic) bond motifs is 1. The molecule has 1 amide bonds. The number of aromatic nitrogens is 1. The Bertz CT molecular complexity index is 687. The highest BCUT2D eigenvalue weighted by Crippen LogP contribution is 2.21. The average Bonchev–Trinajstić information content (AvgIpc) is 2.46. The Balaban J connectivity index is 2.21. The maximum Gasteiger partial charge on any atom is 0.270 e. The lowest BCUT2D eigenvalue weighted by Gasteiger charge is -2.14. The topological polar surface area (TPSA) is 97.2 Å². The van der Waals surface area contributed by atoms with E-state index in [1.54, 1.807) is 25.1 Å². The molecule has 0 saturated heterocycles. The summed E-state index contributed by atoms with van der Waals surface area (Å²) in [5, 5.41) is 17.1. The fourth-order valence-corrected chi connectivity index (χ4v) is 1.92. The van der Waals surface area contributed by atoms with Crippen molar-refractivity contribution in [2.45, 2.75) is 19.9 Å². The molecule has 110 valence electrons. The fraction of sp³-hybridized carbons (Fsp3) is 0.286. The van der Waals surface area contributed by atoms with E-state index in [2.05, 4.69) is 15.6 Å². The van der Waals surface area contributed by atoms with Gasteiger partial charge in [0.25, 0.3) is 5.69 Å². The molecule has 0 aliphatic heterocycles. The summed E-state index contributed by atoms with van der Waals surface area (Å²) >= 11 is 0. The van der Waals surface area contributed by atoms with E-state index < -0.39 is 11.0 Å². The van der Waals surface area contributed by atoms with Crippen LogP contribution in [-0.4, -0.2) is 28.4 Å². The molecule has 1 aromatic heterocycles. The predicted molar refractivity (Wildman–Crippen MR) is 80.2 cm³/mol. The molecular formula is C14H16N4O3. The fourth-order valence-electron chi connectivity index (χ4n) is 1.92. The Morgan fingerprint density at radius 1 is 1.38 bits per heavy atom. The van der Waals surface area contributed by atoms with Crippen LogP contribution in [0.15, 0.2) is 30.3 Å². The van der Waals surface area contributed by atoms with Crippen LogP contribution in [0.3, 0.4) is 0 Å². The van der Waals surface area contributed by atoms with Crippen LogP contribution in [0.4, 0.5) is 11.5 Å². The number of hydrogen-bond acceptors (Lipinski definition) is 5. The van der Waals surface area contributed by atoms with Crippen LogP contribution in [-0.2, 0) is 4.79 Å². The molecule has 1 heterocycles. The van der Waals surface area contributed by atoms with Crippen molar-refractivity contribution in [1.82, 2.24) is 10.3 Å². The smallest absolute Gasteiger partial charge is 0.270 e. The van der Waals surface area contributed by atoms with Crippen molar-refractivity contribution in [3.63, 3.8) is 0 Å². The van der Waals surface area contributed by atoms with Crippen molar-refractivity contribution in [2.75, 3.05) is 11.9 Å². The number of carbonyl (C=O) groups excluding carboxylic acids is 1. The second-order valence-electron chi connectivity index (χ2n) is 4.59. The van der Waals surface area contributed by atoms with E-state index in [9.17, 15) is 14.9 Å². The molecule has 1 atom stereocenters. The molecule has 0 radical (unpaired) electrons. The highest BCUT2D eigenvalue weighted by molar-refractivity contribution is 5.85. The summed E-state index contributed by atoms with van der Waals surface area (Å²) in [6.45, 7) is 4.16. The lowest BCUT2D eigenvalue weighted by atomic mass is 10.2. The summed E-state index contributed by atoms with van der Waals surface area (Å²) < 4.78 is 0. The highest BCUT2D eigenvalue weighted by atomic mass is 16.6. The standard InChI is InChI=1S/C14H16N4O3/c1-3-15-14(19)9(2)16-13-7-4-10-8-11(18(20)21)5-6-12(10)17-13/h4-9H,3H2,1-2H3,(H,15,19)(H,16,17). The molecule has 0 spiro atoms. The number of nitro groups is 1. The Hall–Kier alpha value is -2.70. The van der Waals surface area contributed by atoms with Gasteiger partial charge in [-0.2, -0.15) is 0 Å². The number of rotatable bonds is 5. The van der Waals surface area contributed by atoms with Gasteiger partial charge in [-0.25, -0.2) is 4.98 Å².